The van der Waals surface area contributed by atoms with Gasteiger partial charge in [0.1, 0.15) is 11.6 Å². The van der Waals surface area contributed by atoms with E-state index in [0.717, 1.165) is 28.1 Å². The molecule has 0 N–H and O–H groups in total. The van der Waals surface area contributed by atoms with E-state index in [9.17, 15) is 4.39 Å². The molecule has 0 amide bonds. The zero-order chi connectivity index (χ0) is 17.9. The van der Waals surface area contributed by atoms with E-state index in [0.29, 0.717) is 0 Å². The predicted molar refractivity (Wildman–Crippen MR) is 108 cm³/mol. The second kappa shape index (κ2) is 7.18. The fraction of sp³-hybridized carbons (Fsp3) is 0.0455. The van der Waals surface area contributed by atoms with E-state index in [1.54, 1.807) is 23.9 Å². The van der Waals surface area contributed by atoms with Crippen molar-refractivity contribution >= 4 is 34.9 Å². The largest absolute Gasteiger partial charge is 0.293 e. The molecule has 0 aliphatic carbocycles. The van der Waals surface area contributed by atoms with Crippen molar-refractivity contribution in [1.29, 1.82) is 0 Å². The molecule has 0 fully saturated rings. The Morgan fingerprint density at radius 1 is 0.885 bits per heavy atom. The quantitative estimate of drug-likeness (QED) is 0.412. The summed E-state index contributed by atoms with van der Waals surface area (Å²) >= 11 is 1.72. The number of nitrogens with zero attached hydrogens (tertiary/aromatic N) is 2. The van der Waals surface area contributed by atoms with Crippen LogP contribution in [0.15, 0.2) is 77.7 Å². The topological polar surface area (TPSA) is 17.8 Å². The fourth-order valence-corrected chi connectivity index (χ4v) is 3.31. The molecule has 0 unspecified atom stereocenters. The monoisotopic (exact) mass is 360 g/mol. The second-order valence-electron chi connectivity index (χ2n) is 5.88. The summed E-state index contributed by atoms with van der Waals surface area (Å²) in [6, 6.07) is 23.0. The maximum absolute atomic E-state index is 13.1. The maximum Gasteiger partial charge on any atom is 0.138 e. The number of imidazole rings is 1. The number of benzene rings is 3. The van der Waals surface area contributed by atoms with Gasteiger partial charge in [-0.25, -0.2) is 9.37 Å². The van der Waals surface area contributed by atoms with Crippen molar-refractivity contribution in [2.75, 3.05) is 6.26 Å². The van der Waals surface area contributed by atoms with Gasteiger partial charge in [-0.3, -0.25) is 4.57 Å². The van der Waals surface area contributed by atoms with Crippen LogP contribution in [0.25, 0.3) is 28.9 Å². The van der Waals surface area contributed by atoms with Crippen molar-refractivity contribution in [3.8, 4) is 5.69 Å². The lowest BCUT2D eigenvalue weighted by molar-refractivity contribution is 0.628. The van der Waals surface area contributed by atoms with E-state index in [-0.39, 0.29) is 5.82 Å². The number of fused-ring (bicyclic) bond motifs is 1. The van der Waals surface area contributed by atoms with Gasteiger partial charge in [0, 0.05) is 10.6 Å². The molecule has 0 aliphatic heterocycles. The lowest BCUT2D eigenvalue weighted by atomic mass is 10.2. The SMILES string of the molecule is CSc1ccc(-n2c(C=Cc3ccc(F)cc3)nc3ccccc32)cc1. The average Bonchev–Trinajstić information content (AvgIpc) is 3.06. The van der Waals surface area contributed by atoms with Gasteiger partial charge in [0.15, 0.2) is 0 Å². The summed E-state index contributed by atoms with van der Waals surface area (Å²) in [7, 11) is 0. The van der Waals surface area contributed by atoms with Gasteiger partial charge >= 0.3 is 0 Å². The van der Waals surface area contributed by atoms with Gasteiger partial charge in [0.2, 0.25) is 0 Å². The minimum Gasteiger partial charge on any atom is -0.293 e. The first-order chi connectivity index (χ1) is 12.7. The third kappa shape index (κ3) is 3.28. The number of hydrogen-bond donors (Lipinski definition) is 0. The molecule has 0 aliphatic rings. The standard InChI is InChI=1S/C22H17FN2S/c1-26-19-13-11-18(12-14-19)25-21-5-3-2-4-20(21)24-22(25)15-8-16-6-9-17(23)10-7-16/h2-15H,1H3. The van der Waals surface area contributed by atoms with Crippen LogP contribution in [-0.4, -0.2) is 15.8 Å². The van der Waals surface area contributed by atoms with Crippen molar-refractivity contribution in [2.24, 2.45) is 0 Å². The van der Waals surface area contributed by atoms with E-state index in [4.69, 9.17) is 4.98 Å². The van der Waals surface area contributed by atoms with Crippen molar-refractivity contribution < 1.29 is 4.39 Å². The Balaban J connectivity index is 1.81. The normalized spacial score (nSPS) is 11.5. The van der Waals surface area contributed by atoms with Crippen molar-refractivity contribution in [1.82, 2.24) is 9.55 Å². The number of aromatic nitrogens is 2. The molecular formula is C22H17FN2S. The summed E-state index contributed by atoms with van der Waals surface area (Å²) in [5, 5.41) is 0. The Morgan fingerprint density at radius 3 is 2.35 bits per heavy atom. The number of thioether (sulfide) groups is 1. The Bertz CT molecular complexity index is 1060. The molecule has 26 heavy (non-hydrogen) atoms. The van der Waals surface area contributed by atoms with Gasteiger partial charge in [0.05, 0.1) is 11.0 Å². The summed E-state index contributed by atoms with van der Waals surface area (Å²) in [6.45, 7) is 0. The van der Waals surface area contributed by atoms with E-state index in [1.807, 2.05) is 30.4 Å². The van der Waals surface area contributed by atoms with Gasteiger partial charge < -0.3 is 0 Å². The highest BCUT2D eigenvalue weighted by Gasteiger charge is 2.10. The molecule has 0 saturated heterocycles. The van der Waals surface area contributed by atoms with Gasteiger partial charge in [0.25, 0.3) is 0 Å². The van der Waals surface area contributed by atoms with E-state index >= 15 is 0 Å². The zero-order valence-corrected chi connectivity index (χ0v) is 15.1. The Labute approximate surface area is 156 Å². The van der Waals surface area contributed by atoms with Gasteiger partial charge in [-0.2, -0.15) is 0 Å². The molecule has 4 aromatic rings. The Hall–Kier alpha value is -2.85. The Morgan fingerprint density at radius 2 is 1.62 bits per heavy atom. The molecule has 1 aromatic heterocycles. The van der Waals surface area contributed by atoms with Crippen LogP contribution >= 0.6 is 11.8 Å². The van der Waals surface area contributed by atoms with Gasteiger partial charge in [-0.05, 0) is 66.4 Å². The Kier molecular flexibility index (Phi) is 4.59. The second-order valence-corrected chi connectivity index (χ2v) is 6.76. The zero-order valence-electron chi connectivity index (χ0n) is 14.3. The van der Waals surface area contributed by atoms with Crippen LogP contribution in [0.5, 0.6) is 0 Å². The molecule has 0 bridgehead atoms. The first-order valence-electron chi connectivity index (χ1n) is 8.30. The molecular weight excluding hydrogens is 343 g/mol. The molecule has 0 saturated carbocycles. The first kappa shape index (κ1) is 16.6. The van der Waals surface area contributed by atoms with Crippen LogP contribution in [0, 0.1) is 5.82 Å². The fourth-order valence-electron chi connectivity index (χ4n) is 2.90. The minimum absolute atomic E-state index is 0.233. The van der Waals surface area contributed by atoms with Crippen LogP contribution in [0.1, 0.15) is 11.4 Å². The van der Waals surface area contributed by atoms with E-state index in [1.165, 1.54) is 17.0 Å². The summed E-state index contributed by atoms with van der Waals surface area (Å²) in [6.07, 6.45) is 5.99. The van der Waals surface area contributed by atoms with Crippen LogP contribution in [0.3, 0.4) is 0 Å². The van der Waals surface area contributed by atoms with Crippen LogP contribution in [0.4, 0.5) is 4.39 Å². The lowest BCUT2D eigenvalue weighted by Gasteiger charge is -2.08. The van der Waals surface area contributed by atoms with E-state index in [2.05, 4.69) is 41.2 Å². The predicted octanol–water partition coefficient (Wildman–Crippen LogP) is 6.06. The third-order valence-corrected chi connectivity index (χ3v) is 4.96. The molecule has 2 nitrogen and oxygen atoms in total. The van der Waals surface area contributed by atoms with Crippen LogP contribution in [0.2, 0.25) is 0 Å². The summed E-state index contributed by atoms with van der Waals surface area (Å²) in [5.74, 6) is 0.607. The summed E-state index contributed by atoms with van der Waals surface area (Å²) in [4.78, 5) is 5.98. The van der Waals surface area contributed by atoms with Crippen molar-refractivity contribution in [3.63, 3.8) is 0 Å². The highest BCUT2D eigenvalue weighted by Crippen LogP contribution is 2.25. The summed E-state index contributed by atoms with van der Waals surface area (Å²) in [5.41, 5.74) is 4.00. The maximum atomic E-state index is 13.1. The first-order valence-corrected chi connectivity index (χ1v) is 9.52. The van der Waals surface area contributed by atoms with Crippen LogP contribution in [-0.2, 0) is 0 Å². The molecule has 0 atom stereocenters. The average molecular weight is 360 g/mol. The molecule has 4 heteroatoms. The molecule has 1 heterocycles. The minimum atomic E-state index is -0.233. The van der Waals surface area contributed by atoms with E-state index < -0.39 is 0 Å². The highest BCUT2D eigenvalue weighted by molar-refractivity contribution is 7.98. The lowest BCUT2D eigenvalue weighted by Crippen LogP contribution is -1.96. The molecule has 0 spiro atoms. The highest BCUT2D eigenvalue weighted by atomic mass is 32.2. The molecule has 0 radical (unpaired) electrons. The van der Waals surface area contributed by atoms with Crippen molar-refractivity contribution in [3.05, 3.63) is 90.0 Å². The number of hydrogen-bond acceptors (Lipinski definition) is 2. The number of rotatable bonds is 4. The summed E-state index contributed by atoms with van der Waals surface area (Å²) < 4.78 is 15.2. The molecule has 3 aromatic carbocycles. The molecule has 4 rings (SSSR count). The molecule has 128 valence electrons. The smallest absolute Gasteiger partial charge is 0.138 e. The number of para-hydroxylation sites is 2. The van der Waals surface area contributed by atoms with Gasteiger partial charge in [-0.15, -0.1) is 11.8 Å². The van der Waals surface area contributed by atoms with Crippen LogP contribution < -0.4 is 0 Å². The third-order valence-electron chi connectivity index (χ3n) is 4.21. The number of halogens is 1. The van der Waals surface area contributed by atoms with Gasteiger partial charge in [-0.1, -0.05) is 30.3 Å². The van der Waals surface area contributed by atoms with Crippen molar-refractivity contribution in [2.45, 2.75) is 4.90 Å².